The SMILES string of the molecule is O=C(NCCCOCC1CC1)NC1CCN(C2CC2)CC1. The van der Waals surface area contributed by atoms with E-state index in [0.717, 1.165) is 57.5 Å². The second-order valence-electron chi connectivity index (χ2n) is 6.81. The van der Waals surface area contributed by atoms with E-state index in [1.807, 2.05) is 0 Å². The lowest BCUT2D eigenvalue weighted by atomic mass is 10.1. The molecule has 5 heteroatoms. The van der Waals surface area contributed by atoms with Gasteiger partial charge in [-0.05, 0) is 50.9 Å². The maximum absolute atomic E-state index is 11.8. The molecule has 2 amide bonds. The van der Waals surface area contributed by atoms with Gasteiger partial charge in [0.2, 0.25) is 0 Å². The van der Waals surface area contributed by atoms with Crippen molar-refractivity contribution in [3.63, 3.8) is 0 Å². The minimum Gasteiger partial charge on any atom is -0.381 e. The summed E-state index contributed by atoms with van der Waals surface area (Å²) < 4.78 is 5.55. The van der Waals surface area contributed by atoms with Gasteiger partial charge in [-0.1, -0.05) is 0 Å². The zero-order valence-corrected chi connectivity index (χ0v) is 13.0. The molecule has 1 saturated heterocycles. The third-order valence-corrected chi connectivity index (χ3v) is 4.73. The largest absolute Gasteiger partial charge is 0.381 e. The Balaban J connectivity index is 1.18. The summed E-state index contributed by atoms with van der Waals surface area (Å²) in [5, 5.41) is 6.04. The summed E-state index contributed by atoms with van der Waals surface area (Å²) in [6, 6.07) is 1.20. The molecule has 0 radical (unpaired) electrons. The highest BCUT2D eigenvalue weighted by molar-refractivity contribution is 5.74. The van der Waals surface area contributed by atoms with Gasteiger partial charge in [0.15, 0.2) is 0 Å². The second-order valence-corrected chi connectivity index (χ2v) is 6.81. The topological polar surface area (TPSA) is 53.6 Å². The summed E-state index contributed by atoms with van der Waals surface area (Å²) in [6.07, 6.45) is 8.51. The molecule has 0 aromatic carbocycles. The van der Waals surface area contributed by atoms with Gasteiger partial charge in [-0.25, -0.2) is 4.79 Å². The second kappa shape index (κ2) is 7.45. The molecular weight excluding hydrogens is 266 g/mol. The Morgan fingerprint density at radius 1 is 1.10 bits per heavy atom. The third-order valence-electron chi connectivity index (χ3n) is 4.73. The molecule has 3 fully saturated rings. The first-order chi connectivity index (χ1) is 10.3. The molecule has 0 aromatic rings. The van der Waals surface area contributed by atoms with E-state index in [9.17, 15) is 4.79 Å². The van der Waals surface area contributed by atoms with Crippen molar-refractivity contribution in [2.24, 2.45) is 5.92 Å². The van der Waals surface area contributed by atoms with Crippen LogP contribution in [0.1, 0.15) is 44.9 Å². The minimum atomic E-state index is -0.0120. The Hall–Kier alpha value is -0.810. The van der Waals surface area contributed by atoms with Crippen molar-refractivity contribution >= 4 is 6.03 Å². The van der Waals surface area contributed by atoms with Gasteiger partial charge >= 0.3 is 6.03 Å². The van der Waals surface area contributed by atoms with Crippen molar-refractivity contribution in [3.05, 3.63) is 0 Å². The van der Waals surface area contributed by atoms with E-state index in [2.05, 4.69) is 15.5 Å². The van der Waals surface area contributed by atoms with Crippen molar-refractivity contribution in [3.8, 4) is 0 Å². The number of rotatable bonds is 8. The van der Waals surface area contributed by atoms with Crippen molar-refractivity contribution in [2.45, 2.75) is 57.0 Å². The molecule has 0 aromatic heterocycles. The normalized spacial score (nSPS) is 24.0. The predicted octanol–water partition coefficient (Wildman–Crippen LogP) is 1.73. The van der Waals surface area contributed by atoms with E-state index in [1.165, 1.54) is 25.7 Å². The van der Waals surface area contributed by atoms with Crippen LogP contribution in [0.2, 0.25) is 0 Å². The number of nitrogens with zero attached hydrogens (tertiary/aromatic N) is 1. The number of likely N-dealkylation sites (tertiary alicyclic amines) is 1. The molecule has 3 rings (SSSR count). The van der Waals surface area contributed by atoms with Gasteiger partial charge in [-0.15, -0.1) is 0 Å². The highest BCUT2D eigenvalue weighted by Gasteiger charge is 2.32. The molecule has 2 N–H and O–H groups in total. The van der Waals surface area contributed by atoms with E-state index in [-0.39, 0.29) is 6.03 Å². The zero-order chi connectivity index (χ0) is 14.5. The summed E-state index contributed by atoms with van der Waals surface area (Å²) >= 11 is 0. The molecule has 2 saturated carbocycles. The molecular formula is C16H29N3O2. The van der Waals surface area contributed by atoms with Gasteiger partial charge in [0.1, 0.15) is 0 Å². The fraction of sp³-hybridized carbons (Fsp3) is 0.938. The van der Waals surface area contributed by atoms with Gasteiger partial charge in [0.05, 0.1) is 0 Å². The fourth-order valence-corrected chi connectivity index (χ4v) is 3.00. The first-order valence-corrected chi connectivity index (χ1v) is 8.67. The average molecular weight is 295 g/mol. The van der Waals surface area contributed by atoms with Crippen molar-refractivity contribution in [1.29, 1.82) is 0 Å². The average Bonchev–Trinajstić information content (AvgIpc) is 3.37. The van der Waals surface area contributed by atoms with E-state index in [4.69, 9.17) is 4.74 Å². The van der Waals surface area contributed by atoms with Crippen molar-refractivity contribution in [1.82, 2.24) is 15.5 Å². The molecule has 1 heterocycles. The van der Waals surface area contributed by atoms with Gasteiger partial charge in [0.25, 0.3) is 0 Å². The lowest BCUT2D eigenvalue weighted by molar-refractivity contribution is 0.122. The van der Waals surface area contributed by atoms with Gasteiger partial charge in [0, 0.05) is 44.9 Å². The minimum absolute atomic E-state index is 0.0120. The van der Waals surface area contributed by atoms with Gasteiger partial charge in [-0.3, -0.25) is 0 Å². The lowest BCUT2D eigenvalue weighted by Gasteiger charge is -2.32. The molecule has 1 aliphatic heterocycles. The maximum atomic E-state index is 11.8. The zero-order valence-electron chi connectivity index (χ0n) is 13.0. The van der Waals surface area contributed by atoms with E-state index < -0.39 is 0 Å². The standard InChI is InChI=1S/C16H29N3O2/c20-16(17-8-1-11-21-12-13-2-3-13)18-14-6-9-19(10-7-14)15-4-5-15/h13-15H,1-12H2,(H2,17,18,20). The number of carbonyl (C=O) groups excluding carboxylic acids is 1. The molecule has 120 valence electrons. The van der Waals surface area contributed by atoms with Crippen LogP contribution in [0.3, 0.4) is 0 Å². The molecule has 2 aliphatic carbocycles. The van der Waals surface area contributed by atoms with Crippen LogP contribution < -0.4 is 10.6 Å². The molecule has 3 aliphatic rings. The fourth-order valence-electron chi connectivity index (χ4n) is 3.00. The van der Waals surface area contributed by atoms with Crippen LogP contribution in [0.4, 0.5) is 4.79 Å². The molecule has 0 atom stereocenters. The lowest BCUT2D eigenvalue weighted by Crippen LogP contribution is -2.48. The molecule has 0 spiro atoms. The number of hydrogen-bond donors (Lipinski definition) is 2. The third kappa shape index (κ3) is 5.47. The highest BCUT2D eigenvalue weighted by Crippen LogP contribution is 2.29. The van der Waals surface area contributed by atoms with E-state index >= 15 is 0 Å². The van der Waals surface area contributed by atoms with Crippen LogP contribution in [0, 0.1) is 5.92 Å². The highest BCUT2D eigenvalue weighted by atomic mass is 16.5. The van der Waals surface area contributed by atoms with E-state index in [0.29, 0.717) is 12.6 Å². The number of nitrogens with one attached hydrogen (secondary N) is 2. The van der Waals surface area contributed by atoms with Crippen LogP contribution >= 0.6 is 0 Å². The number of piperidine rings is 1. The smallest absolute Gasteiger partial charge is 0.315 e. The van der Waals surface area contributed by atoms with Crippen LogP contribution in [0.5, 0.6) is 0 Å². The summed E-state index contributed by atoms with van der Waals surface area (Å²) in [6.45, 7) is 4.66. The monoisotopic (exact) mass is 295 g/mol. The first-order valence-electron chi connectivity index (χ1n) is 8.67. The Kier molecular flexibility index (Phi) is 5.36. The maximum Gasteiger partial charge on any atom is 0.315 e. The molecule has 21 heavy (non-hydrogen) atoms. The Morgan fingerprint density at radius 2 is 1.86 bits per heavy atom. The molecule has 0 unspecified atom stereocenters. The summed E-state index contributed by atoms with van der Waals surface area (Å²) in [5.41, 5.74) is 0. The van der Waals surface area contributed by atoms with Gasteiger partial charge in [-0.2, -0.15) is 0 Å². The van der Waals surface area contributed by atoms with E-state index in [1.54, 1.807) is 0 Å². The Morgan fingerprint density at radius 3 is 2.52 bits per heavy atom. The number of ether oxygens (including phenoxy) is 1. The van der Waals surface area contributed by atoms with Crippen LogP contribution in [0.25, 0.3) is 0 Å². The molecule has 0 bridgehead atoms. The quantitative estimate of drug-likeness (QED) is 0.671. The van der Waals surface area contributed by atoms with Crippen LogP contribution in [-0.4, -0.2) is 55.9 Å². The van der Waals surface area contributed by atoms with Crippen LogP contribution in [-0.2, 0) is 4.74 Å². The number of hydrogen-bond acceptors (Lipinski definition) is 3. The Bertz CT molecular complexity index is 334. The summed E-state index contributed by atoms with van der Waals surface area (Å²) in [5.74, 6) is 0.822. The Labute approximate surface area is 127 Å². The van der Waals surface area contributed by atoms with Crippen molar-refractivity contribution in [2.75, 3.05) is 32.8 Å². The summed E-state index contributed by atoms with van der Waals surface area (Å²) in [4.78, 5) is 14.4. The summed E-state index contributed by atoms with van der Waals surface area (Å²) in [7, 11) is 0. The number of carbonyl (C=O) groups is 1. The van der Waals surface area contributed by atoms with Crippen molar-refractivity contribution < 1.29 is 9.53 Å². The number of amides is 2. The van der Waals surface area contributed by atoms with Gasteiger partial charge < -0.3 is 20.3 Å². The number of urea groups is 1. The molecule has 5 nitrogen and oxygen atoms in total. The van der Waals surface area contributed by atoms with Crippen LogP contribution in [0.15, 0.2) is 0 Å². The predicted molar refractivity (Wildman–Crippen MR) is 82.3 cm³/mol. The first kappa shape index (κ1) is 15.1.